The van der Waals surface area contributed by atoms with Gasteiger partial charge in [0, 0.05) is 22.6 Å². The smallest absolute Gasteiger partial charge is 0.234 e. The Bertz CT molecular complexity index is 2460. The lowest BCUT2D eigenvalue weighted by Crippen LogP contribution is -2.50. The second kappa shape index (κ2) is 12.4. The van der Waals surface area contributed by atoms with Gasteiger partial charge < -0.3 is 9.64 Å². The molecule has 0 aromatic heterocycles. The number of benzene rings is 6. The molecule has 0 saturated carbocycles. The monoisotopic (exact) mass is 669 g/mol. The summed E-state index contributed by atoms with van der Waals surface area (Å²) >= 11 is 0. The van der Waals surface area contributed by atoms with E-state index in [0.29, 0.717) is 0 Å². The lowest BCUT2D eigenvalue weighted by molar-refractivity contribution is 0.437. The molecule has 250 valence electrons. The summed E-state index contributed by atoms with van der Waals surface area (Å²) in [7, 11) is 0. The number of fused-ring (bicyclic) bond motifs is 8. The first kappa shape index (κ1) is 32.0. The zero-order valence-electron chi connectivity index (χ0n) is 30.4. The van der Waals surface area contributed by atoms with E-state index in [-0.39, 0.29) is 12.5 Å². The fraction of sp³-hybridized carbons (Fsp3) is 0.143. The highest BCUT2D eigenvalue weighted by Crippen LogP contribution is 2.62. The number of hydrogen-bond acceptors (Lipinski definition) is 2. The van der Waals surface area contributed by atoms with Gasteiger partial charge in [0.25, 0.3) is 0 Å². The Morgan fingerprint density at radius 3 is 1.92 bits per heavy atom. The maximum atomic E-state index is 7.27. The molecule has 2 nitrogen and oxygen atoms in total. The van der Waals surface area contributed by atoms with Crippen LogP contribution >= 0.6 is 0 Å². The molecule has 1 spiro atoms. The van der Waals surface area contributed by atoms with Crippen LogP contribution < -0.4 is 20.6 Å². The first-order valence-electron chi connectivity index (χ1n) is 18.3. The average Bonchev–Trinajstić information content (AvgIpc) is 3.32. The van der Waals surface area contributed by atoms with Crippen molar-refractivity contribution in [2.75, 3.05) is 4.90 Å². The Hall–Kier alpha value is -5.98. The molecule has 0 saturated heterocycles. The topological polar surface area (TPSA) is 12.5 Å². The third kappa shape index (κ3) is 4.75. The molecule has 1 aliphatic carbocycles. The van der Waals surface area contributed by atoms with Crippen LogP contribution in [0.1, 0.15) is 52.8 Å². The molecule has 3 aliphatic rings. The van der Waals surface area contributed by atoms with Crippen molar-refractivity contribution in [1.29, 1.82) is 0 Å². The van der Waals surface area contributed by atoms with E-state index in [2.05, 4.69) is 191 Å². The standard InChI is InChI=1S/C49H40BNO/c1-32-17-15-24-42(34(3)29-32)50(47-35(4)30-33(2)31-36(47)5)43-25-16-23-41-48(43)52-46-28-14-11-22-40(46)49(41)38-20-9-12-26-44(38)51(37-18-7-6-8-19-37)45-27-13-10-21-39(45)49/h6-14,16-23,25-31,42H,1-5H3. The third-order valence-corrected chi connectivity index (χ3v) is 11.3. The highest BCUT2D eigenvalue weighted by molar-refractivity contribution is 6.88. The molecule has 0 fully saturated rings. The molecule has 0 N–H and O–H groups in total. The maximum absolute atomic E-state index is 7.27. The van der Waals surface area contributed by atoms with Gasteiger partial charge >= 0.3 is 0 Å². The van der Waals surface area contributed by atoms with Crippen molar-refractivity contribution in [3.8, 4) is 23.3 Å². The van der Waals surface area contributed by atoms with Crippen molar-refractivity contribution < 1.29 is 4.74 Å². The highest BCUT2D eigenvalue weighted by atomic mass is 16.5. The van der Waals surface area contributed by atoms with Gasteiger partial charge in [-0.15, -0.1) is 0 Å². The predicted molar refractivity (Wildman–Crippen MR) is 218 cm³/mol. The molecule has 2 heterocycles. The molecule has 1 atom stereocenters. The first-order valence-corrected chi connectivity index (χ1v) is 18.3. The summed E-state index contributed by atoms with van der Waals surface area (Å²) in [5.41, 5.74) is 16.3. The van der Waals surface area contributed by atoms with Crippen LogP contribution in [-0.4, -0.2) is 6.71 Å². The van der Waals surface area contributed by atoms with E-state index in [1.54, 1.807) is 0 Å². The zero-order chi connectivity index (χ0) is 35.6. The van der Waals surface area contributed by atoms with Crippen LogP contribution in [0.15, 0.2) is 157 Å². The largest absolute Gasteiger partial charge is 0.457 e. The molecule has 0 radical (unpaired) electrons. The van der Waals surface area contributed by atoms with Gasteiger partial charge in [0.2, 0.25) is 6.71 Å². The van der Waals surface area contributed by atoms with Crippen LogP contribution in [0.2, 0.25) is 5.82 Å². The highest BCUT2D eigenvalue weighted by Gasteiger charge is 2.52. The Labute approximate surface area is 308 Å². The van der Waals surface area contributed by atoms with E-state index in [1.165, 1.54) is 44.4 Å². The summed E-state index contributed by atoms with van der Waals surface area (Å²) in [5.74, 6) is 8.92. The minimum absolute atomic E-state index is 0.0449. The van der Waals surface area contributed by atoms with Crippen LogP contribution in [0, 0.1) is 32.6 Å². The molecular formula is C49H40BNO. The minimum Gasteiger partial charge on any atom is -0.457 e. The number of rotatable bonds is 4. The summed E-state index contributed by atoms with van der Waals surface area (Å²) in [4.78, 5) is 2.42. The van der Waals surface area contributed by atoms with E-state index < -0.39 is 5.41 Å². The first-order chi connectivity index (χ1) is 25.4. The fourth-order valence-electron chi connectivity index (χ4n) is 9.39. The predicted octanol–water partition coefficient (Wildman–Crippen LogP) is 10.8. The van der Waals surface area contributed by atoms with E-state index in [9.17, 15) is 0 Å². The van der Waals surface area contributed by atoms with Crippen molar-refractivity contribution in [3.05, 3.63) is 196 Å². The molecule has 6 aromatic carbocycles. The van der Waals surface area contributed by atoms with E-state index in [4.69, 9.17) is 4.74 Å². The lowest BCUT2D eigenvalue weighted by Gasteiger charge is -2.49. The number of ether oxygens (including phenoxy) is 1. The molecule has 9 rings (SSSR count). The van der Waals surface area contributed by atoms with Gasteiger partial charge in [0.05, 0.1) is 16.8 Å². The summed E-state index contributed by atoms with van der Waals surface area (Å²) < 4.78 is 7.27. The summed E-state index contributed by atoms with van der Waals surface area (Å²) in [6.07, 6.45) is 4.34. The third-order valence-electron chi connectivity index (χ3n) is 11.3. The molecule has 0 amide bonds. The van der Waals surface area contributed by atoms with Crippen LogP contribution in [0.3, 0.4) is 0 Å². The number of aryl methyl sites for hydroxylation is 3. The van der Waals surface area contributed by atoms with Crippen LogP contribution in [-0.2, 0) is 5.41 Å². The number of allylic oxidation sites excluding steroid dienone is 4. The fourth-order valence-corrected chi connectivity index (χ4v) is 9.39. The van der Waals surface area contributed by atoms with Gasteiger partial charge in [0.1, 0.15) is 11.5 Å². The van der Waals surface area contributed by atoms with Crippen molar-refractivity contribution in [2.45, 2.75) is 45.9 Å². The van der Waals surface area contributed by atoms with E-state index >= 15 is 0 Å². The molecule has 52 heavy (non-hydrogen) atoms. The van der Waals surface area contributed by atoms with Crippen LogP contribution in [0.5, 0.6) is 11.5 Å². The lowest BCUT2D eigenvalue weighted by atomic mass is 9.31. The van der Waals surface area contributed by atoms with Gasteiger partial charge in [-0.05, 0) is 93.2 Å². The second-order valence-corrected chi connectivity index (χ2v) is 14.6. The minimum atomic E-state index is -0.640. The van der Waals surface area contributed by atoms with Gasteiger partial charge in [-0.2, -0.15) is 0 Å². The van der Waals surface area contributed by atoms with Gasteiger partial charge in [-0.25, -0.2) is 0 Å². The van der Waals surface area contributed by atoms with Gasteiger partial charge in [-0.1, -0.05) is 149 Å². The van der Waals surface area contributed by atoms with E-state index in [0.717, 1.165) is 45.2 Å². The molecular weight excluding hydrogens is 629 g/mol. The molecule has 6 aromatic rings. The Balaban J connectivity index is 1.39. The van der Waals surface area contributed by atoms with Gasteiger partial charge in [0.15, 0.2) is 0 Å². The Kier molecular flexibility index (Phi) is 7.60. The Morgan fingerprint density at radius 2 is 1.23 bits per heavy atom. The number of hydrogen-bond donors (Lipinski definition) is 0. The molecule has 3 heteroatoms. The van der Waals surface area contributed by atoms with E-state index in [1.807, 2.05) is 6.08 Å². The van der Waals surface area contributed by atoms with Crippen molar-refractivity contribution >= 4 is 34.7 Å². The zero-order valence-corrected chi connectivity index (χ0v) is 30.4. The van der Waals surface area contributed by atoms with Crippen LogP contribution in [0.25, 0.3) is 0 Å². The normalized spacial score (nSPS) is 16.1. The number of anilines is 3. The van der Waals surface area contributed by atoms with Gasteiger partial charge in [-0.3, -0.25) is 0 Å². The van der Waals surface area contributed by atoms with Crippen molar-refractivity contribution in [3.63, 3.8) is 0 Å². The SMILES string of the molecule is CC1=CC#CC(B(c2cccc3c2Oc2ccccc2C32c3ccccc3N(c3ccccc3)c3ccccc32)c2c(C)cc(C)cc2C)C(C)=C1. The quantitative estimate of drug-likeness (QED) is 0.137. The number of para-hydroxylation sites is 5. The molecule has 1 unspecified atom stereocenters. The summed E-state index contributed by atoms with van der Waals surface area (Å²) in [5, 5.41) is 0. The Morgan fingerprint density at radius 1 is 0.635 bits per heavy atom. The maximum Gasteiger partial charge on any atom is 0.234 e. The van der Waals surface area contributed by atoms with Crippen LogP contribution in [0.4, 0.5) is 17.1 Å². The molecule has 2 aliphatic heterocycles. The summed E-state index contributed by atoms with van der Waals surface area (Å²) in [6, 6.07) is 48.8. The van der Waals surface area contributed by atoms with Crippen molar-refractivity contribution in [1.82, 2.24) is 0 Å². The molecule has 0 bridgehead atoms. The number of nitrogens with zero attached hydrogens (tertiary/aromatic N) is 1. The summed E-state index contributed by atoms with van der Waals surface area (Å²) in [6.45, 7) is 11.0. The van der Waals surface area contributed by atoms with Crippen molar-refractivity contribution in [2.24, 2.45) is 0 Å². The average molecular weight is 670 g/mol. The second-order valence-electron chi connectivity index (χ2n) is 14.6.